The molecule has 2 heteroatoms. The molecule has 3 rings (SSSR count). The molecule has 0 unspecified atom stereocenters. The van der Waals surface area contributed by atoms with Gasteiger partial charge in [0.25, 0.3) is 0 Å². The van der Waals surface area contributed by atoms with Gasteiger partial charge in [0, 0.05) is 11.1 Å². The zero-order chi connectivity index (χ0) is 15.2. The molecular weight excluding hydrogens is 268 g/mol. The van der Waals surface area contributed by atoms with Gasteiger partial charge in [-0.3, -0.25) is 0 Å². The number of rotatable bonds is 1. The summed E-state index contributed by atoms with van der Waals surface area (Å²) < 4.78 is 0. The summed E-state index contributed by atoms with van der Waals surface area (Å²) in [5, 5.41) is 12.2. The molecule has 0 atom stereocenters. The Kier molecular flexibility index (Phi) is 4.54. The fraction of sp³-hybridized carbons (Fsp3) is 0.250. The van der Waals surface area contributed by atoms with E-state index in [1.54, 1.807) is 0 Å². The molecule has 0 radical (unpaired) electrons. The first-order valence-electron chi connectivity index (χ1n) is 7.68. The summed E-state index contributed by atoms with van der Waals surface area (Å²) in [4.78, 5) is 0. The number of nitriles is 1. The normalized spacial score (nSPS) is 14.7. The standard InChI is InChI=1S/C20H18N2/c21-15-17-7-5-16(6-8-17)9-10-18-3-1-2-4-20(18)19-11-13-22-14-12-19/h1-8,19,22H,11-14H2. The van der Waals surface area contributed by atoms with Gasteiger partial charge in [-0.15, -0.1) is 0 Å². The second-order valence-corrected chi connectivity index (χ2v) is 5.55. The van der Waals surface area contributed by atoms with E-state index in [4.69, 9.17) is 5.26 Å². The highest BCUT2D eigenvalue weighted by Gasteiger charge is 2.16. The molecule has 2 aromatic rings. The molecule has 0 spiro atoms. The molecule has 0 aliphatic carbocycles. The topological polar surface area (TPSA) is 35.8 Å². The van der Waals surface area contributed by atoms with Crippen LogP contribution in [0.4, 0.5) is 0 Å². The quantitative estimate of drug-likeness (QED) is 0.815. The van der Waals surface area contributed by atoms with Gasteiger partial charge >= 0.3 is 0 Å². The lowest BCUT2D eigenvalue weighted by molar-refractivity contribution is 0.460. The van der Waals surface area contributed by atoms with Crippen LogP contribution in [0.5, 0.6) is 0 Å². The smallest absolute Gasteiger partial charge is 0.0991 e. The van der Waals surface area contributed by atoms with Crippen molar-refractivity contribution in [3.63, 3.8) is 0 Å². The van der Waals surface area contributed by atoms with Crippen LogP contribution in [0.2, 0.25) is 0 Å². The van der Waals surface area contributed by atoms with Crippen molar-refractivity contribution in [3.05, 3.63) is 70.8 Å². The van der Waals surface area contributed by atoms with Gasteiger partial charge < -0.3 is 5.32 Å². The zero-order valence-electron chi connectivity index (χ0n) is 12.5. The Hall–Kier alpha value is -2.55. The van der Waals surface area contributed by atoms with Gasteiger partial charge in [-0.25, -0.2) is 0 Å². The molecule has 1 saturated heterocycles. The van der Waals surface area contributed by atoms with Crippen LogP contribution in [0, 0.1) is 23.2 Å². The van der Waals surface area contributed by atoms with E-state index in [0.29, 0.717) is 11.5 Å². The maximum Gasteiger partial charge on any atom is 0.0991 e. The molecule has 0 saturated carbocycles. The third-order valence-electron chi connectivity index (χ3n) is 4.10. The monoisotopic (exact) mass is 286 g/mol. The Labute approximate surface area is 131 Å². The van der Waals surface area contributed by atoms with Crippen LogP contribution in [0.1, 0.15) is 41.0 Å². The summed E-state index contributed by atoms with van der Waals surface area (Å²) in [6.07, 6.45) is 2.35. The molecule has 22 heavy (non-hydrogen) atoms. The lowest BCUT2D eigenvalue weighted by Gasteiger charge is -2.23. The van der Waals surface area contributed by atoms with Crippen molar-refractivity contribution in [1.82, 2.24) is 5.32 Å². The lowest BCUT2D eigenvalue weighted by Crippen LogP contribution is -2.26. The van der Waals surface area contributed by atoms with Gasteiger partial charge in [0.2, 0.25) is 0 Å². The summed E-state index contributed by atoms with van der Waals surface area (Å²) in [7, 11) is 0. The van der Waals surface area contributed by atoms with E-state index < -0.39 is 0 Å². The minimum Gasteiger partial charge on any atom is -0.317 e. The van der Waals surface area contributed by atoms with Gasteiger partial charge in [0.1, 0.15) is 0 Å². The highest BCUT2D eigenvalue weighted by atomic mass is 14.9. The van der Waals surface area contributed by atoms with E-state index in [1.165, 1.54) is 18.4 Å². The van der Waals surface area contributed by atoms with Gasteiger partial charge in [0.05, 0.1) is 11.6 Å². The van der Waals surface area contributed by atoms with Crippen molar-refractivity contribution in [2.24, 2.45) is 0 Å². The van der Waals surface area contributed by atoms with Gasteiger partial charge in [0.15, 0.2) is 0 Å². The molecule has 2 aromatic carbocycles. The summed E-state index contributed by atoms with van der Waals surface area (Å²) in [5.74, 6) is 7.13. The Bertz CT molecular complexity index is 736. The Morgan fingerprint density at radius 3 is 2.27 bits per heavy atom. The number of benzene rings is 2. The van der Waals surface area contributed by atoms with Crippen LogP contribution in [-0.2, 0) is 0 Å². The molecule has 1 fully saturated rings. The molecular formula is C20H18N2. The number of hydrogen-bond donors (Lipinski definition) is 1. The summed E-state index contributed by atoms with van der Waals surface area (Å²) in [5.41, 5.74) is 4.10. The van der Waals surface area contributed by atoms with Crippen LogP contribution in [0.15, 0.2) is 48.5 Å². The molecule has 0 bridgehead atoms. The van der Waals surface area contributed by atoms with Crippen molar-refractivity contribution >= 4 is 0 Å². The van der Waals surface area contributed by atoms with Gasteiger partial charge in [-0.1, -0.05) is 30.0 Å². The molecule has 1 N–H and O–H groups in total. The fourth-order valence-electron chi connectivity index (χ4n) is 2.87. The zero-order valence-corrected chi connectivity index (χ0v) is 12.5. The van der Waals surface area contributed by atoms with E-state index in [-0.39, 0.29) is 0 Å². The van der Waals surface area contributed by atoms with Crippen LogP contribution in [0.25, 0.3) is 0 Å². The molecule has 0 amide bonds. The van der Waals surface area contributed by atoms with E-state index in [0.717, 1.165) is 24.2 Å². The average molecular weight is 286 g/mol. The Balaban J connectivity index is 1.86. The Morgan fingerprint density at radius 2 is 1.55 bits per heavy atom. The van der Waals surface area contributed by atoms with E-state index in [1.807, 2.05) is 30.3 Å². The van der Waals surface area contributed by atoms with Crippen molar-refractivity contribution in [2.75, 3.05) is 13.1 Å². The SMILES string of the molecule is N#Cc1ccc(C#Cc2ccccc2C2CCNCC2)cc1. The van der Waals surface area contributed by atoms with E-state index in [9.17, 15) is 0 Å². The summed E-state index contributed by atoms with van der Waals surface area (Å²) >= 11 is 0. The summed E-state index contributed by atoms with van der Waals surface area (Å²) in [6.45, 7) is 2.17. The average Bonchev–Trinajstić information content (AvgIpc) is 2.61. The van der Waals surface area contributed by atoms with Gasteiger partial charge in [-0.2, -0.15) is 5.26 Å². The predicted molar refractivity (Wildman–Crippen MR) is 88.4 cm³/mol. The minimum atomic E-state index is 0.604. The lowest BCUT2D eigenvalue weighted by atomic mass is 9.87. The fourth-order valence-corrected chi connectivity index (χ4v) is 2.87. The molecule has 1 aliphatic heterocycles. The Morgan fingerprint density at radius 1 is 0.864 bits per heavy atom. The molecule has 0 aromatic heterocycles. The maximum absolute atomic E-state index is 8.83. The molecule has 108 valence electrons. The van der Waals surface area contributed by atoms with Crippen LogP contribution >= 0.6 is 0 Å². The van der Waals surface area contributed by atoms with Crippen molar-refractivity contribution in [1.29, 1.82) is 5.26 Å². The maximum atomic E-state index is 8.83. The minimum absolute atomic E-state index is 0.604. The number of hydrogen-bond acceptors (Lipinski definition) is 2. The number of nitrogens with one attached hydrogen (secondary N) is 1. The van der Waals surface area contributed by atoms with E-state index in [2.05, 4.69) is 41.4 Å². The highest BCUT2D eigenvalue weighted by Crippen LogP contribution is 2.27. The van der Waals surface area contributed by atoms with Crippen LogP contribution in [-0.4, -0.2) is 13.1 Å². The predicted octanol–water partition coefficient (Wildman–Crippen LogP) is 3.43. The van der Waals surface area contributed by atoms with Crippen molar-refractivity contribution in [3.8, 4) is 17.9 Å². The third-order valence-corrected chi connectivity index (χ3v) is 4.10. The second-order valence-electron chi connectivity index (χ2n) is 5.55. The van der Waals surface area contributed by atoms with Crippen LogP contribution < -0.4 is 5.32 Å². The highest BCUT2D eigenvalue weighted by molar-refractivity contribution is 5.48. The third kappa shape index (κ3) is 3.37. The number of piperidine rings is 1. The van der Waals surface area contributed by atoms with Crippen molar-refractivity contribution in [2.45, 2.75) is 18.8 Å². The first kappa shape index (κ1) is 14.4. The molecule has 2 nitrogen and oxygen atoms in total. The van der Waals surface area contributed by atoms with E-state index >= 15 is 0 Å². The molecule has 1 aliphatic rings. The first-order chi connectivity index (χ1) is 10.9. The molecule has 1 heterocycles. The number of nitrogens with zero attached hydrogens (tertiary/aromatic N) is 1. The van der Waals surface area contributed by atoms with Gasteiger partial charge in [-0.05, 0) is 67.7 Å². The van der Waals surface area contributed by atoms with Crippen LogP contribution in [0.3, 0.4) is 0 Å². The second kappa shape index (κ2) is 6.94. The largest absolute Gasteiger partial charge is 0.317 e. The van der Waals surface area contributed by atoms with Crippen molar-refractivity contribution < 1.29 is 0 Å². The summed E-state index contributed by atoms with van der Waals surface area (Å²) in [6, 6.07) is 18.0. The first-order valence-corrected chi connectivity index (χ1v) is 7.68.